The van der Waals surface area contributed by atoms with E-state index in [9.17, 15) is 9.59 Å². The highest BCUT2D eigenvalue weighted by atomic mass is 16.5. The number of pyridine rings is 2. The fourth-order valence-corrected chi connectivity index (χ4v) is 3.24. The standard InChI is InChI=1S/C24H19N3O3/c1-30-23(29)13-12-17-15-25-16-20-21(28)14-22(26-18-8-4-2-5-9-18)27(24(17)20)19-10-6-3-7-11-19/h2-16,26H,1H3/b13-12+. The van der Waals surface area contributed by atoms with Crippen molar-refractivity contribution in [3.05, 3.63) is 101 Å². The third kappa shape index (κ3) is 3.84. The van der Waals surface area contributed by atoms with Crippen molar-refractivity contribution >= 4 is 34.5 Å². The summed E-state index contributed by atoms with van der Waals surface area (Å²) in [7, 11) is 1.32. The van der Waals surface area contributed by atoms with E-state index in [1.165, 1.54) is 13.2 Å². The zero-order valence-electron chi connectivity index (χ0n) is 16.3. The van der Waals surface area contributed by atoms with Gasteiger partial charge in [0.05, 0.1) is 18.0 Å². The highest BCUT2D eigenvalue weighted by molar-refractivity contribution is 5.94. The Morgan fingerprint density at radius 2 is 1.73 bits per heavy atom. The van der Waals surface area contributed by atoms with Crippen molar-refractivity contribution in [2.75, 3.05) is 12.4 Å². The normalized spacial score (nSPS) is 11.0. The molecule has 0 aliphatic rings. The zero-order valence-corrected chi connectivity index (χ0v) is 16.3. The molecule has 0 spiro atoms. The minimum atomic E-state index is -0.487. The van der Waals surface area contributed by atoms with Crippen molar-refractivity contribution in [1.82, 2.24) is 9.55 Å². The van der Waals surface area contributed by atoms with E-state index in [4.69, 9.17) is 4.74 Å². The van der Waals surface area contributed by atoms with Crippen LogP contribution in [0.5, 0.6) is 0 Å². The summed E-state index contributed by atoms with van der Waals surface area (Å²) >= 11 is 0. The first-order valence-electron chi connectivity index (χ1n) is 9.34. The van der Waals surface area contributed by atoms with Crippen molar-refractivity contribution < 1.29 is 9.53 Å². The molecular weight excluding hydrogens is 378 g/mol. The summed E-state index contributed by atoms with van der Waals surface area (Å²) in [5.41, 5.74) is 2.80. The molecule has 2 aromatic carbocycles. The maximum absolute atomic E-state index is 12.9. The molecule has 0 aliphatic carbocycles. The van der Waals surface area contributed by atoms with Gasteiger partial charge in [0.15, 0.2) is 5.43 Å². The monoisotopic (exact) mass is 397 g/mol. The molecule has 0 saturated carbocycles. The lowest BCUT2D eigenvalue weighted by Gasteiger charge is -2.19. The summed E-state index contributed by atoms with van der Waals surface area (Å²) < 4.78 is 6.65. The molecule has 30 heavy (non-hydrogen) atoms. The molecule has 0 aliphatic heterocycles. The van der Waals surface area contributed by atoms with E-state index >= 15 is 0 Å². The van der Waals surface area contributed by atoms with Crippen LogP contribution in [0.4, 0.5) is 11.5 Å². The maximum atomic E-state index is 12.9. The predicted octanol–water partition coefficient (Wildman–Crippen LogP) is 4.32. The van der Waals surface area contributed by atoms with Crippen LogP contribution in [0.25, 0.3) is 22.7 Å². The molecule has 4 rings (SSSR count). The number of carbonyl (C=O) groups is 1. The second kappa shape index (κ2) is 8.45. The van der Waals surface area contributed by atoms with Crippen LogP contribution in [0, 0.1) is 0 Å². The van der Waals surface area contributed by atoms with Crippen molar-refractivity contribution in [2.24, 2.45) is 0 Å². The van der Waals surface area contributed by atoms with Crippen LogP contribution in [0.15, 0.2) is 90.0 Å². The van der Waals surface area contributed by atoms with Gasteiger partial charge in [-0.15, -0.1) is 0 Å². The van der Waals surface area contributed by atoms with Crippen LogP contribution in [-0.4, -0.2) is 22.6 Å². The number of methoxy groups -OCH3 is 1. The summed E-state index contributed by atoms with van der Waals surface area (Å²) in [5, 5.41) is 3.78. The number of ether oxygens (including phenoxy) is 1. The van der Waals surface area contributed by atoms with Crippen LogP contribution in [0.2, 0.25) is 0 Å². The van der Waals surface area contributed by atoms with Gasteiger partial charge >= 0.3 is 5.97 Å². The average Bonchev–Trinajstić information content (AvgIpc) is 2.79. The number of anilines is 2. The predicted molar refractivity (Wildman–Crippen MR) is 118 cm³/mol. The van der Waals surface area contributed by atoms with Crippen molar-refractivity contribution in [3.63, 3.8) is 0 Å². The number of esters is 1. The molecule has 4 aromatic rings. The van der Waals surface area contributed by atoms with Gasteiger partial charge in [-0.25, -0.2) is 4.79 Å². The summed E-state index contributed by atoms with van der Waals surface area (Å²) in [6.07, 6.45) is 6.08. The van der Waals surface area contributed by atoms with Crippen LogP contribution in [-0.2, 0) is 9.53 Å². The second-order valence-corrected chi connectivity index (χ2v) is 6.54. The number of hydrogen-bond donors (Lipinski definition) is 1. The molecule has 0 radical (unpaired) electrons. The Balaban J connectivity index is 2.03. The number of rotatable bonds is 5. The average molecular weight is 397 g/mol. The fourth-order valence-electron chi connectivity index (χ4n) is 3.24. The number of fused-ring (bicyclic) bond motifs is 1. The molecule has 0 saturated heterocycles. The fraction of sp³-hybridized carbons (Fsp3) is 0.0417. The summed E-state index contributed by atoms with van der Waals surface area (Å²) in [6.45, 7) is 0. The van der Waals surface area contributed by atoms with Crippen molar-refractivity contribution in [1.29, 1.82) is 0 Å². The number of nitrogens with one attached hydrogen (secondary N) is 1. The number of nitrogens with zero attached hydrogens (tertiary/aromatic N) is 2. The largest absolute Gasteiger partial charge is 0.466 e. The van der Waals surface area contributed by atoms with Gasteiger partial charge in [0.25, 0.3) is 0 Å². The molecular formula is C24H19N3O3. The molecule has 6 nitrogen and oxygen atoms in total. The van der Waals surface area contributed by atoms with Gasteiger partial charge in [0.1, 0.15) is 5.82 Å². The lowest BCUT2D eigenvalue weighted by molar-refractivity contribution is -0.134. The molecule has 0 atom stereocenters. The van der Waals surface area contributed by atoms with Crippen LogP contribution in [0.3, 0.4) is 0 Å². The maximum Gasteiger partial charge on any atom is 0.330 e. The summed E-state index contributed by atoms with van der Waals surface area (Å²) in [4.78, 5) is 28.7. The quantitative estimate of drug-likeness (QED) is 0.401. The molecule has 2 heterocycles. The Morgan fingerprint density at radius 1 is 1.03 bits per heavy atom. The van der Waals surface area contributed by atoms with Crippen LogP contribution < -0.4 is 10.7 Å². The smallest absolute Gasteiger partial charge is 0.330 e. The SMILES string of the molecule is COC(=O)/C=C/c1cncc2c(=O)cc(Nc3ccccc3)n(-c3ccccc3)c12. The van der Waals surface area contributed by atoms with Gasteiger partial charge in [0, 0.05) is 41.5 Å². The molecule has 0 unspecified atom stereocenters. The molecule has 0 bridgehead atoms. The number of hydrogen-bond acceptors (Lipinski definition) is 5. The van der Waals surface area contributed by atoms with E-state index < -0.39 is 5.97 Å². The molecule has 1 N–H and O–H groups in total. The van der Waals surface area contributed by atoms with E-state index in [-0.39, 0.29) is 5.43 Å². The second-order valence-electron chi connectivity index (χ2n) is 6.54. The van der Waals surface area contributed by atoms with E-state index in [1.54, 1.807) is 24.5 Å². The first-order chi connectivity index (χ1) is 14.7. The minimum absolute atomic E-state index is 0.170. The topological polar surface area (TPSA) is 73.2 Å². The first kappa shape index (κ1) is 19.1. The number of para-hydroxylation sites is 2. The molecule has 2 aromatic heterocycles. The number of benzene rings is 2. The number of carbonyl (C=O) groups excluding carboxylic acids is 1. The van der Waals surface area contributed by atoms with E-state index in [0.717, 1.165) is 11.4 Å². The van der Waals surface area contributed by atoms with Gasteiger partial charge in [-0.2, -0.15) is 0 Å². The number of aromatic nitrogens is 2. The third-order valence-electron chi connectivity index (χ3n) is 4.60. The third-order valence-corrected chi connectivity index (χ3v) is 4.60. The summed E-state index contributed by atoms with van der Waals surface area (Å²) in [5.74, 6) is 0.114. The lowest BCUT2D eigenvalue weighted by Crippen LogP contribution is -2.13. The van der Waals surface area contributed by atoms with Gasteiger partial charge < -0.3 is 10.1 Å². The van der Waals surface area contributed by atoms with E-state index in [0.29, 0.717) is 22.3 Å². The zero-order chi connectivity index (χ0) is 20.9. The Morgan fingerprint density at radius 3 is 2.43 bits per heavy atom. The molecule has 6 heteroatoms. The van der Waals surface area contributed by atoms with Gasteiger partial charge in [0.2, 0.25) is 0 Å². The lowest BCUT2D eigenvalue weighted by atomic mass is 10.1. The van der Waals surface area contributed by atoms with Crippen molar-refractivity contribution in [3.8, 4) is 5.69 Å². The van der Waals surface area contributed by atoms with Crippen molar-refractivity contribution in [2.45, 2.75) is 0 Å². The van der Waals surface area contributed by atoms with Crippen LogP contribution in [0.1, 0.15) is 5.56 Å². The minimum Gasteiger partial charge on any atom is -0.466 e. The first-order valence-corrected chi connectivity index (χ1v) is 9.34. The van der Waals surface area contributed by atoms with Gasteiger partial charge in [-0.1, -0.05) is 36.4 Å². The highest BCUT2D eigenvalue weighted by Crippen LogP contribution is 2.27. The van der Waals surface area contributed by atoms with Crippen LogP contribution >= 0.6 is 0 Å². The molecule has 0 fully saturated rings. The Hall–Kier alpha value is -4.19. The Kier molecular flexibility index (Phi) is 5.39. The molecule has 0 amide bonds. The Bertz CT molecular complexity index is 1280. The summed E-state index contributed by atoms with van der Waals surface area (Å²) in [6, 6.07) is 20.9. The Labute approximate surface area is 173 Å². The molecule has 148 valence electrons. The van der Waals surface area contributed by atoms with Gasteiger partial charge in [-0.05, 0) is 30.3 Å². The highest BCUT2D eigenvalue weighted by Gasteiger charge is 2.14. The van der Waals surface area contributed by atoms with Gasteiger partial charge in [-0.3, -0.25) is 14.3 Å². The van der Waals surface area contributed by atoms with E-state index in [2.05, 4.69) is 10.3 Å². The van der Waals surface area contributed by atoms with E-state index in [1.807, 2.05) is 65.2 Å².